The molecule has 1 heterocycles. The van der Waals surface area contributed by atoms with Crippen LogP contribution in [0.25, 0.3) is 11.1 Å². The lowest BCUT2D eigenvalue weighted by molar-refractivity contribution is 0.492. The second kappa shape index (κ2) is 6.21. The average Bonchev–Trinajstić information content (AvgIpc) is 2.90. The van der Waals surface area contributed by atoms with Crippen LogP contribution in [0.3, 0.4) is 0 Å². The summed E-state index contributed by atoms with van der Waals surface area (Å²) >= 11 is 12.4. The molecule has 2 nitrogen and oxygen atoms in total. The number of para-hydroxylation sites is 1. The van der Waals surface area contributed by atoms with Gasteiger partial charge in [-0.2, -0.15) is 0 Å². The smallest absolute Gasteiger partial charge is 0.523 e. The third kappa shape index (κ3) is 2.99. The maximum Gasteiger partial charge on any atom is 0.594 e. The molecule has 2 aromatic carbocycles. The number of unbranched alkanes of at least 4 members (excludes halogenated alkanes) is 1. The Bertz CT molecular complexity index is 661. The summed E-state index contributed by atoms with van der Waals surface area (Å²) in [5.74, 6) is 1.52. The SMILES string of the molecule is CCCCB1Oc2cccc(-c3cc(Cl)ccc3Cl)c2O1. The zero-order chi connectivity index (χ0) is 14.8. The van der Waals surface area contributed by atoms with Crippen molar-refractivity contribution in [3.05, 3.63) is 46.4 Å². The number of hydrogen-bond donors (Lipinski definition) is 0. The van der Waals surface area contributed by atoms with Crippen molar-refractivity contribution in [2.24, 2.45) is 0 Å². The van der Waals surface area contributed by atoms with Gasteiger partial charge in [-0.05, 0) is 24.3 Å². The van der Waals surface area contributed by atoms with Gasteiger partial charge in [-0.25, -0.2) is 0 Å². The van der Waals surface area contributed by atoms with Crippen LogP contribution in [0.2, 0.25) is 16.4 Å². The average molecular weight is 321 g/mol. The zero-order valence-electron chi connectivity index (χ0n) is 11.7. The Balaban J connectivity index is 1.97. The highest BCUT2D eigenvalue weighted by molar-refractivity contribution is 6.47. The van der Waals surface area contributed by atoms with Gasteiger partial charge in [0.2, 0.25) is 0 Å². The van der Waals surface area contributed by atoms with Gasteiger partial charge in [-0.15, -0.1) is 0 Å². The molecule has 1 aliphatic rings. The molecule has 21 heavy (non-hydrogen) atoms. The van der Waals surface area contributed by atoms with Crippen molar-refractivity contribution >= 4 is 30.3 Å². The molecule has 0 atom stereocenters. The molecule has 2 aromatic rings. The summed E-state index contributed by atoms with van der Waals surface area (Å²) in [5, 5.41) is 1.29. The fourth-order valence-corrected chi connectivity index (χ4v) is 2.82. The van der Waals surface area contributed by atoms with Gasteiger partial charge in [-0.3, -0.25) is 0 Å². The van der Waals surface area contributed by atoms with Crippen LogP contribution in [0.4, 0.5) is 0 Å². The van der Waals surface area contributed by atoms with E-state index in [1.165, 1.54) is 0 Å². The fourth-order valence-electron chi connectivity index (χ4n) is 2.43. The first-order valence-electron chi connectivity index (χ1n) is 7.11. The van der Waals surface area contributed by atoms with Gasteiger partial charge in [0.25, 0.3) is 0 Å². The maximum atomic E-state index is 6.30. The molecular weight excluding hydrogens is 306 g/mol. The number of benzene rings is 2. The standard InChI is InChI=1S/C16H15BCl2O2/c1-2-3-9-17-20-15-6-4-5-12(16(15)21-17)13-10-11(18)7-8-14(13)19/h4-8,10H,2-3,9H2,1H3. The van der Waals surface area contributed by atoms with E-state index in [0.29, 0.717) is 10.0 Å². The quantitative estimate of drug-likeness (QED) is 0.671. The molecule has 0 spiro atoms. The molecule has 0 amide bonds. The van der Waals surface area contributed by atoms with Crippen molar-refractivity contribution < 1.29 is 9.31 Å². The van der Waals surface area contributed by atoms with Crippen LogP contribution in [0, 0.1) is 0 Å². The summed E-state index contributed by atoms with van der Waals surface area (Å²) in [4.78, 5) is 0. The summed E-state index contributed by atoms with van der Waals surface area (Å²) in [6.45, 7) is 2.15. The van der Waals surface area contributed by atoms with Crippen molar-refractivity contribution in [3.8, 4) is 22.6 Å². The maximum absolute atomic E-state index is 6.30. The Hall–Kier alpha value is -1.32. The van der Waals surface area contributed by atoms with E-state index in [1.54, 1.807) is 12.1 Å². The van der Waals surface area contributed by atoms with E-state index in [9.17, 15) is 0 Å². The first-order valence-corrected chi connectivity index (χ1v) is 7.86. The molecule has 0 N–H and O–H groups in total. The summed E-state index contributed by atoms with van der Waals surface area (Å²) < 4.78 is 11.8. The van der Waals surface area contributed by atoms with Gasteiger partial charge in [0.1, 0.15) is 5.75 Å². The van der Waals surface area contributed by atoms with Crippen molar-refractivity contribution in [1.82, 2.24) is 0 Å². The monoisotopic (exact) mass is 320 g/mol. The Morgan fingerprint density at radius 2 is 1.90 bits per heavy atom. The Morgan fingerprint density at radius 1 is 1.05 bits per heavy atom. The minimum absolute atomic E-state index is 0.209. The van der Waals surface area contributed by atoms with Gasteiger partial charge in [0.05, 0.1) is 0 Å². The first-order chi connectivity index (χ1) is 10.2. The summed E-state index contributed by atoms with van der Waals surface area (Å²) in [5.41, 5.74) is 1.78. The second-order valence-electron chi connectivity index (χ2n) is 5.06. The van der Waals surface area contributed by atoms with Crippen LogP contribution in [0.15, 0.2) is 36.4 Å². The second-order valence-corrected chi connectivity index (χ2v) is 5.91. The van der Waals surface area contributed by atoms with Crippen LogP contribution in [-0.2, 0) is 0 Å². The van der Waals surface area contributed by atoms with E-state index in [2.05, 4.69) is 6.92 Å². The highest BCUT2D eigenvalue weighted by Gasteiger charge is 2.33. The van der Waals surface area contributed by atoms with Crippen LogP contribution < -0.4 is 9.31 Å². The lowest BCUT2D eigenvalue weighted by atomic mass is 9.83. The fraction of sp³-hybridized carbons (Fsp3) is 0.250. The molecule has 0 radical (unpaired) electrons. The molecule has 5 heteroatoms. The molecule has 0 unspecified atom stereocenters. The molecule has 0 aliphatic carbocycles. The minimum Gasteiger partial charge on any atom is -0.523 e. The van der Waals surface area contributed by atoms with Crippen molar-refractivity contribution in [1.29, 1.82) is 0 Å². The van der Waals surface area contributed by atoms with Gasteiger partial charge < -0.3 is 9.31 Å². The number of fused-ring (bicyclic) bond motifs is 1. The van der Waals surface area contributed by atoms with E-state index in [1.807, 2.05) is 24.3 Å². The van der Waals surface area contributed by atoms with E-state index < -0.39 is 0 Å². The van der Waals surface area contributed by atoms with Gasteiger partial charge in [0, 0.05) is 27.5 Å². The van der Waals surface area contributed by atoms with E-state index in [-0.39, 0.29) is 7.12 Å². The van der Waals surface area contributed by atoms with E-state index >= 15 is 0 Å². The largest absolute Gasteiger partial charge is 0.594 e. The number of rotatable bonds is 4. The summed E-state index contributed by atoms with van der Waals surface area (Å²) in [6.07, 6.45) is 3.08. The predicted molar refractivity (Wildman–Crippen MR) is 88.6 cm³/mol. The van der Waals surface area contributed by atoms with E-state index in [4.69, 9.17) is 32.5 Å². The highest BCUT2D eigenvalue weighted by Crippen LogP contribution is 2.45. The third-order valence-electron chi connectivity index (χ3n) is 3.50. The Labute approximate surface area is 135 Å². The molecular formula is C16H15BCl2O2. The predicted octanol–water partition coefficient (Wildman–Crippen LogP) is 5.72. The van der Waals surface area contributed by atoms with Gasteiger partial charge >= 0.3 is 7.12 Å². The van der Waals surface area contributed by atoms with Crippen molar-refractivity contribution in [2.75, 3.05) is 0 Å². The molecule has 0 fully saturated rings. The molecule has 1 aliphatic heterocycles. The first kappa shape index (κ1) is 14.6. The minimum atomic E-state index is -0.209. The Morgan fingerprint density at radius 3 is 2.71 bits per heavy atom. The van der Waals surface area contributed by atoms with Crippen molar-refractivity contribution in [3.63, 3.8) is 0 Å². The molecule has 0 aromatic heterocycles. The summed E-state index contributed by atoms with van der Waals surface area (Å²) in [7, 11) is -0.209. The van der Waals surface area contributed by atoms with Gasteiger partial charge in [0.15, 0.2) is 5.75 Å². The highest BCUT2D eigenvalue weighted by atomic mass is 35.5. The van der Waals surface area contributed by atoms with Crippen molar-refractivity contribution in [2.45, 2.75) is 26.1 Å². The van der Waals surface area contributed by atoms with E-state index in [0.717, 1.165) is 41.8 Å². The summed E-state index contributed by atoms with van der Waals surface area (Å²) in [6, 6.07) is 11.3. The lowest BCUT2D eigenvalue weighted by Gasteiger charge is -2.09. The topological polar surface area (TPSA) is 18.5 Å². The normalized spacial score (nSPS) is 12.8. The number of halogens is 2. The molecule has 0 saturated carbocycles. The molecule has 0 bridgehead atoms. The lowest BCUT2D eigenvalue weighted by Crippen LogP contribution is -2.23. The van der Waals surface area contributed by atoms with Crippen LogP contribution in [-0.4, -0.2) is 7.12 Å². The van der Waals surface area contributed by atoms with Crippen LogP contribution in [0.1, 0.15) is 19.8 Å². The zero-order valence-corrected chi connectivity index (χ0v) is 13.2. The van der Waals surface area contributed by atoms with Crippen LogP contribution >= 0.6 is 23.2 Å². The molecule has 108 valence electrons. The third-order valence-corrected chi connectivity index (χ3v) is 4.06. The number of hydrogen-bond acceptors (Lipinski definition) is 2. The molecule has 3 rings (SSSR count). The molecule has 0 saturated heterocycles. The Kier molecular flexibility index (Phi) is 4.32. The van der Waals surface area contributed by atoms with Gasteiger partial charge in [-0.1, -0.05) is 55.1 Å². The van der Waals surface area contributed by atoms with Crippen LogP contribution in [0.5, 0.6) is 11.5 Å².